The lowest BCUT2D eigenvalue weighted by atomic mass is 10.2. The molecule has 9 heteroatoms. The summed E-state index contributed by atoms with van der Waals surface area (Å²) in [6.07, 6.45) is 0. The number of amides is 1. The zero-order chi connectivity index (χ0) is 20.8. The summed E-state index contributed by atoms with van der Waals surface area (Å²) in [4.78, 5) is 41.2. The van der Waals surface area contributed by atoms with E-state index in [0.29, 0.717) is 21.7 Å². The van der Waals surface area contributed by atoms with E-state index in [2.05, 4.69) is 26.2 Å². The summed E-state index contributed by atoms with van der Waals surface area (Å²) in [7, 11) is 0. The van der Waals surface area contributed by atoms with Crippen LogP contribution in [0.1, 0.15) is 6.92 Å². The summed E-state index contributed by atoms with van der Waals surface area (Å²) >= 11 is 4.51. The van der Waals surface area contributed by atoms with Gasteiger partial charge in [-0.25, -0.2) is 4.98 Å². The summed E-state index contributed by atoms with van der Waals surface area (Å²) in [5.74, 6) is -0.852. The van der Waals surface area contributed by atoms with Gasteiger partial charge in [0, 0.05) is 4.47 Å². The van der Waals surface area contributed by atoms with E-state index in [1.54, 1.807) is 43.3 Å². The lowest BCUT2D eigenvalue weighted by Crippen LogP contribution is -2.32. The molecule has 1 amide bonds. The summed E-state index contributed by atoms with van der Waals surface area (Å²) in [6, 6.07) is 14.3. The number of esters is 1. The van der Waals surface area contributed by atoms with Gasteiger partial charge in [-0.05, 0) is 43.3 Å². The van der Waals surface area contributed by atoms with Crippen molar-refractivity contribution in [3.8, 4) is 5.69 Å². The van der Waals surface area contributed by atoms with E-state index >= 15 is 0 Å². The number of fused-ring (bicyclic) bond motifs is 1. The first-order chi connectivity index (χ1) is 14.0. The van der Waals surface area contributed by atoms with E-state index < -0.39 is 5.97 Å². The molecule has 2 aromatic carbocycles. The number of aromatic nitrogens is 2. The molecule has 0 aliphatic carbocycles. The Morgan fingerprint density at radius 3 is 2.62 bits per heavy atom. The number of halogens is 1. The second-order valence-corrected chi connectivity index (χ2v) is 7.76. The number of ether oxygens (including phenoxy) is 1. The standard InChI is InChI=1S/C20H18BrN3O4S/c1-2-28-18(26)11-22-17(25)12-29-20-23-16-6-4-3-5-15(16)19(27)24(20)14-9-7-13(21)8-10-14/h3-10H,2,11-12H2,1H3,(H,22,25). The van der Waals surface area contributed by atoms with E-state index in [0.717, 1.165) is 16.2 Å². The van der Waals surface area contributed by atoms with Crippen LogP contribution in [-0.4, -0.2) is 40.3 Å². The largest absolute Gasteiger partial charge is 0.465 e. The maximum atomic E-state index is 13.1. The van der Waals surface area contributed by atoms with Gasteiger partial charge in [-0.3, -0.25) is 19.0 Å². The summed E-state index contributed by atoms with van der Waals surface area (Å²) in [5, 5.41) is 3.38. The summed E-state index contributed by atoms with van der Waals surface area (Å²) in [6.45, 7) is 1.75. The number of thioether (sulfide) groups is 1. The number of hydrogen-bond donors (Lipinski definition) is 1. The van der Waals surface area contributed by atoms with Gasteiger partial charge in [0.1, 0.15) is 6.54 Å². The number of hydrogen-bond acceptors (Lipinski definition) is 6. The van der Waals surface area contributed by atoms with Crippen LogP contribution in [-0.2, 0) is 14.3 Å². The van der Waals surface area contributed by atoms with Gasteiger partial charge in [-0.2, -0.15) is 0 Å². The minimum absolute atomic E-state index is 0.000708. The molecule has 3 aromatic rings. The van der Waals surface area contributed by atoms with Crippen LogP contribution in [0.3, 0.4) is 0 Å². The van der Waals surface area contributed by atoms with Gasteiger partial charge in [-0.15, -0.1) is 0 Å². The third-order valence-electron chi connectivity index (χ3n) is 3.90. The van der Waals surface area contributed by atoms with Gasteiger partial charge in [0.25, 0.3) is 5.56 Å². The van der Waals surface area contributed by atoms with Crippen molar-refractivity contribution < 1.29 is 14.3 Å². The molecule has 1 heterocycles. The SMILES string of the molecule is CCOC(=O)CNC(=O)CSc1nc2ccccc2c(=O)n1-c1ccc(Br)cc1. The van der Waals surface area contributed by atoms with Crippen LogP contribution in [0.2, 0.25) is 0 Å². The van der Waals surface area contributed by atoms with Crippen LogP contribution in [0.4, 0.5) is 0 Å². The molecule has 0 saturated heterocycles. The van der Waals surface area contributed by atoms with Crippen LogP contribution in [0.15, 0.2) is 63.0 Å². The fourth-order valence-electron chi connectivity index (χ4n) is 2.59. The Bertz CT molecular complexity index is 1100. The van der Waals surface area contributed by atoms with Crippen molar-refractivity contribution in [2.24, 2.45) is 0 Å². The predicted molar refractivity (Wildman–Crippen MR) is 115 cm³/mol. The first-order valence-electron chi connectivity index (χ1n) is 8.82. The van der Waals surface area contributed by atoms with Gasteiger partial charge >= 0.3 is 5.97 Å². The number of carbonyl (C=O) groups is 2. The molecule has 1 aromatic heterocycles. The number of benzene rings is 2. The average Bonchev–Trinajstić information content (AvgIpc) is 2.72. The molecule has 0 unspecified atom stereocenters. The third kappa shape index (κ3) is 5.24. The van der Waals surface area contributed by atoms with Crippen LogP contribution >= 0.6 is 27.7 Å². The molecule has 0 radical (unpaired) electrons. The normalized spacial score (nSPS) is 10.7. The number of carbonyl (C=O) groups excluding carboxylic acids is 2. The molecule has 0 fully saturated rings. The van der Waals surface area contributed by atoms with E-state index in [9.17, 15) is 14.4 Å². The van der Waals surface area contributed by atoms with Crippen LogP contribution in [0.5, 0.6) is 0 Å². The molecular formula is C20H18BrN3O4S. The second-order valence-electron chi connectivity index (χ2n) is 5.90. The molecular weight excluding hydrogens is 458 g/mol. The highest BCUT2D eigenvalue weighted by Gasteiger charge is 2.15. The molecule has 0 atom stereocenters. The second kappa shape index (κ2) is 9.71. The van der Waals surface area contributed by atoms with Crippen molar-refractivity contribution in [3.63, 3.8) is 0 Å². The van der Waals surface area contributed by atoms with E-state index in [-0.39, 0.29) is 30.4 Å². The van der Waals surface area contributed by atoms with Crippen LogP contribution in [0.25, 0.3) is 16.6 Å². The van der Waals surface area contributed by atoms with Crippen molar-refractivity contribution in [2.45, 2.75) is 12.1 Å². The number of para-hydroxylation sites is 1. The Labute approximate surface area is 179 Å². The first-order valence-corrected chi connectivity index (χ1v) is 10.6. The third-order valence-corrected chi connectivity index (χ3v) is 5.36. The zero-order valence-corrected chi connectivity index (χ0v) is 18.0. The van der Waals surface area contributed by atoms with Gasteiger partial charge in [-0.1, -0.05) is 39.8 Å². The Balaban J connectivity index is 1.89. The van der Waals surface area contributed by atoms with Gasteiger partial charge in [0.2, 0.25) is 5.91 Å². The minimum Gasteiger partial charge on any atom is -0.465 e. The lowest BCUT2D eigenvalue weighted by Gasteiger charge is -2.13. The highest BCUT2D eigenvalue weighted by molar-refractivity contribution is 9.10. The maximum Gasteiger partial charge on any atom is 0.325 e. The van der Waals surface area contributed by atoms with Crippen LogP contribution < -0.4 is 10.9 Å². The molecule has 0 aliphatic heterocycles. The fourth-order valence-corrected chi connectivity index (χ4v) is 3.70. The number of rotatable bonds is 7. The van der Waals surface area contributed by atoms with Crippen molar-refractivity contribution in [1.29, 1.82) is 0 Å². The Hall–Kier alpha value is -2.65. The van der Waals surface area contributed by atoms with Crippen molar-refractivity contribution in [1.82, 2.24) is 14.9 Å². The Morgan fingerprint density at radius 2 is 1.90 bits per heavy atom. The van der Waals surface area contributed by atoms with Gasteiger partial charge in [0.15, 0.2) is 5.16 Å². The molecule has 150 valence electrons. The predicted octanol–water partition coefficient (Wildman–Crippen LogP) is 2.92. The van der Waals surface area contributed by atoms with Crippen molar-refractivity contribution in [2.75, 3.05) is 18.9 Å². The fraction of sp³-hybridized carbons (Fsp3) is 0.200. The summed E-state index contributed by atoms with van der Waals surface area (Å²) in [5.41, 5.74) is 0.985. The molecule has 29 heavy (non-hydrogen) atoms. The molecule has 3 rings (SSSR count). The maximum absolute atomic E-state index is 13.1. The smallest absolute Gasteiger partial charge is 0.325 e. The highest BCUT2D eigenvalue weighted by Crippen LogP contribution is 2.22. The zero-order valence-electron chi connectivity index (χ0n) is 15.6. The molecule has 1 N–H and O–H groups in total. The molecule has 7 nitrogen and oxygen atoms in total. The Morgan fingerprint density at radius 1 is 1.17 bits per heavy atom. The molecule has 0 bridgehead atoms. The van der Waals surface area contributed by atoms with Gasteiger partial charge < -0.3 is 10.1 Å². The molecule has 0 saturated carbocycles. The minimum atomic E-state index is -0.499. The molecule has 0 aliphatic rings. The first kappa shape index (κ1) is 21.1. The quantitative estimate of drug-likeness (QED) is 0.321. The monoisotopic (exact) mass is 475 g/mol. The average molecular weight is 476 g/mol. The lowest BCUT2D eigenvalue weighted by molar-refractivity contribution is -0.143. The highest BCUT2D eigenvalue weighted by atomic mass is 79.9. The van der Waals surface area contributed by atoms with E-state index in [1.807, 2.05) is 12.1 Å². The van der Waals surface area contributed by atoms with E-state index in [1.165, 1.54) is 4.57 Å². The molecule has 0 spiro atoms. The van der Waals surface area contributed by atoms with Crippen molar-refractivity contribution in [3.05, 3.63) is 63.4 Å². The van der Waals surface area contributed by atoms with Gasteiger partial charge in [0.05, 0.1) is 29.0 Å². The topological polar surface area (TPSA) is 90.3 Å². The van der Waals surface area contributed by atoms with Crippen LogP contribution in [0, 0.1) is 0 Å². The number of nitrogens with one attached hydrogen (secondary N) is 1. The van der Waals surface area contributed by atoms with E-state index in [4.69, 9.17) is 4.74 Å². The summed E-state index contributed by atoms with van der Waals surface area (Å²) < 4.78 is 7.15. The number of nitrogens with zero attached hydrogens (tertiary/aromatic N) is 2. The Kier molecular flexibility index (Phi) is 7.05. The van der Waals surface area contributed by atoms with Crippen molar-refractivity contribution >= 4 is 50.5 Å².